The molecular formula is C20H14S2. The average molecular weight is 318 g/mol. The second-order valence-corrected chi connectivity index (χ2v) is 8.62. The molecule has 0 N–H and O–H groups in total. The van der Waals surface area contributed by atoms with Crippen LogP contribution in [-0.4, -0.2) is 0 Å². The van der Waals surface area contributed by atoms with E-state index in [0.29, 0.717) is 0 Å². The Hall–Kier alpha value is -1.90. The van der Waals surface area contributed by atoms with Crippen LogP contribution in [0, 0.1) is 13.8 Å². The predicted molar refractivity (Wildman–Crippen MR) is 102 cm³/mol. The highest BCUT2D eigenvalue weighted by atomic mass is 32.1. The standard InChI is InChI=1S/C20H14S2/c1-11-3-17-7-13-5-14-8-18-4-12(2)22-20(18)10-16(14)6-15(13)9-19(17)21-11/h3-10H,1-2H3. The van der Waals surface area contributed by atoms with Crippen LogP contribution in [-0.2, 0) is 0 Å². The van der Waals surface area contributed by atoms with Crippen LogP contribution in [0.5, 0.6) is 0 Å². The fourth-order valence-corrected chi connectivity index (χ4v) is 5.25. The zero-order valence-electron chi connectivity index (χ0n) is 12.4. The molecule has 106 valence electrons. The molecule has 5 aromatic rings. The molecule has 0 unspecified atom stereocenters. The van der Waals surface area contributed by atoms with Crippen molar-refractivity contribution in [2.24, 2.45) is 0 Å². The SMILES string of the molecule is Cc1cc2cc3cc4cc5cc(C)sc5cc4cc3cc2s1. The minimum absolute atomic E-state index is 1.34. The summed E-state index contributed by atoms with van der Waals surface area (Å²) in [7, 11) is 0. The maximum absolute atomic E-state index is 2.34. The number of fused-ring (bicyclic) bond motifs is 4. The lowest BCUT2D eigenvalue weighted by Crippen LogP contribution is -1.77. The van der Waals surface area contributed by atoms with Crippen molar-refractivity contribution in [2.75, 3.05) is 0 Å². The second kappa shape index (κ2) is 4.31. The van der Waals surface area contributed by atoms with Gasteiger partial charge < -0.3 is 0 Å². The summed E-state index contributed by atoms with van der Waals surface area (Å²) in [6, 6.07) is 18.6. The molecule has 0 saturated heterocycles. The Labute approximate surface area is 136 Å². The first-order valence-corrected chi connectivity index (χ1v) is 9.07. The Morgan fingerprint density at radius 1 is 0.455 bits per heavy atom. The van der Waals surface area contributed by atoms with Gasteiger partial charge in [0.05, 0.1) is 0 Å². The van der Waals surface area contributed by atoms with Crippen LogP contribution in [0.2, 0.25) is 0 Å². The average Bonchev–Trinajstić information content (AvgIpc) is 2.99. The molecule has 0 spiro atoms. The quantitative estimate of drug-likeness (QED) is 0.269. The number of benzene rings is 3. The molecule has 3 aromatic carbocycles. The molecule has 0 fully saturated rings. The summed E-state index contributed by atoms with van der Waals surface area (Å²) >= 11 is 3.76. The third-order valence-corrected chi connectivity index (χ3v) is 6.34. The van der Waals surface area contributed by atoms with Gasteiger partial charge >= 0.3 is 0 Å². The molecule has 0 saturated carbocycles. The Morgan fingerprint density at radius 3 is 1.27 bits per heavy atom. The molecular weight excluding hydrogens is 304 g/mol. The monoisotopic (exact) mass is 318 g/mol. The Bertz CT molecular complexity index is 1010. The fourth-order valence-electron chi connectivity index (χ4n) is 3.34. The summed E-state index contributed by atoms with van der Waals surface area (Å²) in [5.74, 6) is 0. The van der Waals surface area contributed by atoms with Crippen molar-refractivity contribution in [3.63, 3.8) is 0 Å². The van der Waals surface area contributed by atoms with Gasteiger partial charge in [0, 0.05) is 19.2 Å². The van der Waals surface area contributed by atoms with E-state index in [1.54, 1.807) is 0 Å². The molecule has 0 aliphatic carbocycles. The number of hydrogen-bond acceptors (Lipinski definition) is 2. The van der Waals surface area contributed by atoms with Crippen LogP contribution in [0.4, 0.5) is 0 Å². The van der Waals surface area contributed by atoms with Crippen molar-refractivity contribution in [2.45, 2.75) is 13.8 Å². The van der Waals surface area contributed by atoms with Gasteiger partial charge in [-0.15, -0.1) is 22.7 Å². The molecule has 2 heterocycles. The van der Waals surface area contributed by atoms with Crippen LogP contribution in [0.3, 0.4) is 0 Å². The van der Waals surface area contributed by atoms with Crippen LogP contribution < -0.4 is 0 Å². The second-order valence-electron chi connectivity index (χ2n) is 6.04. The molecule has 0 aliphatic rings. The Balaban J connectivity index is 1.92. The Morgan fingerprint density at radius 2 is 0.818 bits per heavy atom. The van der Waals surface area contributed by atoms with Gasteiger partial charge in [0.25, 0.3) is 0 Å². The topological polar surface area (TPSA) is 0 Å². The highest BCUT2D eigenvalue weighted by molar-refractivity contribution is 7.19. The summed E-state index contributed by atoms with van der Waals surface area (Å²) in [6.07, 6.45) is 0. The van der Waals surface area contributed by atoms with E-state index in [-0.39, 0.29) is 0 Å². The molecule has 0 bridgehead atoms. The normalized spacial score (nSPS) is 12.1. The molecule has 2 heteroatoms. The lowest BCUT2D eigenvalue weighted by atomic mass is 10.0. The maximum atomic E-state index is 2.34. The summed E-state index contributed by atoms with van der Waals surface area (Å²) in [5, 5.41) is 8.08. The minimum Gasteiger partial charge on any atom is -0.141 e. The first kappa shape index (κ1) is 12.6. The van der Waals surface area contributed by atoms with E-state index in [4.69, 9.17) is 0 Å². The first-order chi connectivity index (χ1) is 10.7. The predicted octanol–water partition coefficient (Wildman–Crippen LogP) is 7.04. The lowest BCUT2D eigenvalue weighted by Gasteiger charge is -2.04. The Kier molecular flexibility index (Phi) is 2.47. The molecule has 22 heavy (non-hydrogen) atoms. The van der Waals surface area contributed by atoms with Crippen LogP contribution >= 0.6 is 22.7 Å². The molecule has 2 aromatic heterocycles. The summed E-state index contributed by atoms with van der Waals surface area (Å²) < 4.78 is 2.77. The number of hydrogen-bond donors (Lipinski definition) is 0. The van der Waals surface area contributed by atoms with E-state index < -0.39 is 0 Å². The van der Waals surface area contributed by atoms with E-state index >= 15 is 0 Å². The van der Waals surface area contributed by atoms with Gasteiger partial charge in [-0.3, -0.25) is 0 Å². The van der Waals surface area contributed by atoms with Gasteiger partial charge in [-0.2, -0.15) is 0 Å². The molecule has 0 nitrogen and oxygen atoms in total. The smallest absolute Gasteiger partial charge is 0.0351 e. The number of thiophene rings is 2. The number of aryl methyl sites for hydroxylation is 2. The zero-order valence-corrected chi connectivity index (χ0v) is 14.1. The van der Waals surface area contributed by atoms with Gasteiger partial charge in [0.2, 0.25) is 0 Å². The molecule has 0 radical (unpaired) electrons. The summed E-state index contributed by atoms with van der Waals surface area (Å²) in [6.45, 7) is 4.37. The van der Waals surface area contributed by atoms with E-state index in [9.17, 15) is 0 Å². The molecule has 0 amide bonds. The van der Waals surface area contributed by atoms with E-state index in [2.05, 4.69) is 62.4 Å². The molecule has 5 rings (SSSR count). The molecule has 0 aliphatic heterocycles. The van der Waals surface area contributed by atoms with Crippen molar-refractivity contribution >= 4 is 64.4 Å². The highest BCUT2D eigenvalue weighted by Crippen LogP contribution is 2.34. The van der Waals surface area contributed by atoms with Crippen LogP contribution in [0.1, 0.15) is 9.75 Å². The number of rotatable bonds is 0. The molecule has 0 atom stereocenters. The van der Waals surface area contributed by atoms with Crippen molar-refractivity contribution in [1.29, 1.82) is 0 Å². The van der Waals surface area contributed by atoms with Gasteiger partial charge in [0.15, 0.2) is 0 Å². The van der Waals surface area contributed by atoms with Gasteiger partial charge in [0.1, 0.15) is 0 Å². The first-order valence-electron chi connectivity index (χ1n) is 7.44. The van der Waals surface area contributed by atoms with Crippen LogP contribution in [0.25, 0.3) is 41.7 Å². The van der Waals surface area contributed by atoms with Crippen molar-refractivity contribution in [3.05, 3.63) is 58.3 Å². The van der Waals surface area contributed by atoms with Crippen molar-refractivity contribution < 1.29 is 0 Å². The summed E-state index contributed by atoms with van der Waals surface area (Å²) in [5.41, 5.74) is 0. The fraction of sp³-hybridized carbons (Fsp3) is 0.100. The largest absolute Gasteiger partial charge is 0.141 e. The zero-order chi connectivity index (χ0) is 14.8. The van der Waals surface area contributed by atoms with E-state index in [1.807, 2.05) is 22.7 Å². The van der Waals surface area contributed by atoms with Gasteiger partial charge in [-0.05, 0) is 94.7 Å². The third-order valence-electron chi connectivity index (χ3n) is 4.31. The van der Waals surface area contributed by atoms with Crippen LogP contribution in [0.15, 0.2) is 48.5 Å². The van der Waals surface area contributed by atoms with Gasteiger partial charge in [-0.25, -0.2) is 0 Å². The van der Waals surface area contributed by atoms with E-state index in [0.717, 1.165) is 0 Å². The minimum atomic E-state index is 1.34. The van der Waals surface area contributed by atoms with Crippen molar-refractivity contribution in [1.82, 2.24) is 0 Å². The van der Waals surface area contributed by atoms with E-state index in [1.165, 1.54) is 51.5 Å². The summed E-state index contributed by atoms with van der Waals surface area (Å²) in [4.78, 5) is 2.76. The van der Waals surface area contributed by atoms with Gasteiger partial charge in [-0.1, -0.05) is 0 Å². The highest BCUT2D eigenvalue weighted by Gasteiger charge is 2.06. The van der Waals surface area contributed by atoms with Crippen molar-refractivity contribution in [3.8, 4) is 0 Å². The maximum Gasteiger partial charge on any atom is 0.0351 e. The lowest BCUT2D eigenvalue weighted by molar-refractivity contribution is 1.66. The third kappa shape index (κ3) is 1.81.